The van der Waals surface area contributed by atoms with Crippen molar-refractivity contribution in [2.45, 2.75) is 63.4 Å². The molecule has 3 heterocycles. The maximum atomic E-state index is 13.4. The van der Waals surface area contributed by atoms with Crippen LogP contribution in [-0.4, -0.2) is 23.6 Å². The van der Waals surface area contributed by atoms with Crippen molar-refractivity contribution in [2.75, 3.05) is 0 Å². The Balaban J connectivity index is 1.52. The number of carbonyl (C=O) groups excluding carboxylic acids is 2. The van der Waals surface area contributed by atoms with Gasteiger partial charge in [0.15, 0.2) is 0 Å². The Bertz CT molecular complexity index is 997. The lowest BCUT2D eigenvalue weighted by molar-refractivity contribution is -0.144. The van der Waals surface area contributed by atoms with Crippen LogP contribution in [0, 0.1) is 5.92 Å². The largest absolute Gasteiger partial charge is 0.459 e. The number of allylic oxidation sites excluding steroid dienone is 1. The molecule has 0 unspecified atom stereocenters. The highest BCUT2D eigenvalue weighted by Crippen LogP contribution is 2.47. The molecular weight excluding hydrogens is 414 g/mol. The first-order valence-corrected chi connectivity index (χ1v) is 12.5. The minimum atomic E-state index is -0.352. The average molecular weight is 440 g/mol. The van der Waals surface area contributed by atoms with Crippen LogP contribution in [0.1, 0.15) is 67.0 Å². The van der Waals surface area contributed by atoms with Gasteiger partial charge in [0.05, 0.1) is 11.5 Å². The molecule has 0 saturated heterocycles. The Hall–Kier alpha value is -2.05. The molecule has 0 amide bonds. The number of ketones is 1. The third-order valence-corrected chi connectivity index (χ3v) is 8.54. The summed E-state index contributed by atoms with van der Waals surface area (Å²) >= 11 is 3.31. The predicted octanol–water partition coefficient (Wildman–Crippen LogP) is 5.87. The summed E-state index contributed by atoms with van der Waals surface area (Å²) in [7, 11) is 0. The molecule has 2 fully saturated rings. The second-order valence-electron chi connectivity index (χ2n) is 8.47. The number of nitrogens with zero attached hydrogens (tertiary/aromatic N) is 1. The molecule has 0 spiro atoms. The molecule has 4 nitrogen and oxygen atoms in total. The van der Waals surface area contributed by atoms with Crippen LogP contribution in [-0.2, 0) is 14.3 Å². The summed E-state index contributed by atoms with van der Waals surface area (Å²) in [6, 6.07) is 8.17. The number of hydrogen-bond acceptors (Lipinski definition) is 6. The topological polar surface area (TPSA) is 55.7 Å². The van der Waals surface area contributed by atoms with Gasteiger partial charge in [0, 0.05) is 39.4 Å². The van der Waals surface area contributed by atoms with Crippen molar-refractivity contribution in [1.82, 2.24) is 0 Å². The van der Waals surface area contributed by atoms with Crippen LogP contribution >= 0.6 is 22.7 Å². The van der Waals surface area contributed by atoms with Gasteiger partial charge >= 0.3 is 5.97 Å². The highest BCUT2D eigenvalue weighted by Gasteiger charge is 2.46. The molecule has 0 aromatic carbocycles. The number of carbonyl (C=O) groups is 2. The molecule has 3 aliphatic rings. The summed E-state index contributed by atoms with van der Waals surface area (Å²) in [5.41, 5.74) is 2.22. The quantitative estimate of drug-likeness (QED) is 0.560. The third-order valence-electron chi connectivity index (χ3n) is 6.55. The van der Waals surface area contributed by atoms with Crippen LogP contribution in [0.4, 0.5) is 0 Å². The maximum absolute atomic E-state index is 13.4. The molecule has 0 radical (unpaired) electrons. The van der Waals surface area contributed by atoms with Crippen molar-refractivity contribution < 1.29 is 14.3 Å². The van der Waals surface area contributed by atoms with E-state index < -0.39 is 0 Å². The van der Waals surface area contributed by atoms with Gasteiger partial charge in [-0.3, -0.25) is 9.79 Å². The summed E-state index contributed by atoms with van der Waals surface area (Å²) in [6.45, 7) is 1.90. The first kappa shape index (κ1) is 19.9. The van der Waals surface area contributed by atoms with E-state index in [4.69, 9.17) is 9.73 Å². The SMILES string of the molecule is CC1=C(C(=O)OC2CCCC2)[C@@H](c2cccs2)[C@@H]2C(=O)C[C@@H](c3cccs3)CC2=N1. The lowest BCUT2D eigenvalue weighted by Gasteiger charge is -2.37. The standard InChI is InChI=1S/C24H25NO3S2/c1-14-21(24(27)28-16-6-2-3-7-16)23(20-9-5-11-30-20)22-17(25-14)12-15(13-18(22)26)19-8-4-10-29-19/h4-5,8-11,15-16,22-23H,2-3,6-7,12-13H2,1H3/t15-,22-,23+/m0/s1. The Labute approximate surface area is 184 Å². The molecule has 0 N–H and O–H groups in total. The van der Waals surface area contributed by atoms with Crippen molar-refractivity contribution in [2.24, 2.45) is 10.9 Å². The van der Waals surface area contributed by atoms with E-state index in [2.05, 4.69) is 11.4 Å². The van der Waals surface area contributed by atoms with Crippen molar-refractivity contribution >= 4 is 40.1 Å². The zero-order valence-electron chi connectivity index (χ0n) is 17.0. The molecule has 156 valence electrons. The zero-order valence-corrected chi connectivity index (χ0v) is 18.6. The number of thiophene rings is 2. The fourth-order valence-electron chi connectivity index (χ4n) is 5.16. The number of esters is 1. The van der Waals surface area contributed by atoms with Gasteiger partial charge in [-0.2, -0.15) is 0 Å². The summed E-state index contributed by atoms with van der Waals surface area (Å²) in [6.07, 6.45) is 5.37. The summed E-state index contributed by atoms with van der Waals surface area (Å²) < 4.78 is 5.87. The third kappa shape index (κ3) is 3.60. The lowest BCUT2D eigenvalue weighted by atomic mass is 9.68. The van der Waals surface area contributed by atoms with Gasteiger partial charge in [-0.15, -0.1) is 22.7 Å². The second kappa shape index (κ2) is 8.23. The van der Waals surface area contributed by atoms with E-state index in [0.29, 0.717) is 17.7 Å². The summed E-state index contributed by atoms with van der Waals surface area (Å²) in [4.78, 5) is 33.8. The molecule has 2 saturated carbocycles. The van der Waals surface area contributed by atoms with Crippen molar-refractivity contribution in [3.63, 3.8) is 0 Å². The van der Waals surface area contributed by atoms with Crippen LogP contribution in [0.5, 0.6) is 0 Å². The number of rotatable bonds is 4. The molecule has 6 heteroatoms. The van der Waals surface area contributed by atoms with Crippen LogP contribution in [0.15, 0.2) is 51.3 Å². The van der Waals surface area contributed by atoms with Gasteiger partial charge < -0.3 is 4.74 Å². The lowest BCUT2D eigenvalue weighted by Crippen LogP contribution is -2.41. The molecule has 5 rings (SSSR count). The van der Waals surface area contributed by atoms with Crippen molar-refractivity contribution in [3.8, 4) is 0 Å². The molecule has 2 aliphatic carbocycles. The molecule has 2 aromatic heterocycles. The van der Waals surface area contributed by atoms with Crippen LogP contribution in [0.25, 0.3) is 0 Å². The van der Waals surface area contributed by atoms with E-state index in [1.807, 2.05) is 30.5 Å². The summed E-state index contributed by atoms with van der Waals surface area (Å²) in [5, 5.41) is 4.07. The minimum absolute atomic E-state index is 0.00238. The number of aliphatic imine (C=N–C) groups is 1. The van der Waals surface area contributed by atoms with Gasteiger partial charge in [0.2, 0.25) is 0 Å². The van der Waals surface area contributed by atoms with Gasteiger partial charge in [0.1, 0.15) is 11.9 Å². The smallest absolute Gasteiger partial charge is 0.336 e. The Morgan fingerprint density at radius 2 is 1.73 bits per heavy atom. The van der Waals surface area contributed by atoms with E-state index in [1.54, 1.807) is 22.7 Å². The van der Waals surface area contributed by atoms with Gasteiger partial charge in [-0.25, -0.2) is 4.79 Å². The average Bonchev–Trinajstić information content (AvgIpc) is 3.49. The van der Waals surface area contributed by atoms with Crippen molar-refractivity contribution in [1.29, 1.82) is 0 Å². The fourth-order valence-corrected chi connectivity index (χ4v) is 6.87. The Morgan fingerprint density at radius 3 is 2.40 bits per heavy atom. The van der Waals surface area contributed by atoms with E-state index >= 15 is 0 Å². The van der Waals surface area contributed by atoms with E-state index in [9.17, 15) is 9.59 Å². The van der Waals surface area contributed by atoms with Crippen molar-refractivity contribution in [3.05, 3.63) is 56.1 Å². The van der Waals surface area contributed by atoms with Gasteiger partial charge in [0.25, 0.3) is 0 Å². The number of fused-ring (bicyclic) bond motifs is 1. The number of hydrogen-bond donors (Lipinski definition) is 0. The molecule has 2 aromatic rings. The number of Topliss-reactive ketones (excluding diaryl/α,β-unsaturated/α-hetero) is 1. The first-order chi connectivity index (χ1) is 14.6. The molecule has 30 heavy (non-hydrogen) atoms. The van der Waals surface area contributed by atoms with E-state index in [0.717, 1.165) is 42.7 Å². The Morgan fingerprint density at radius 1 is 1.03 bits per heavy atom. The maximum Gasteiger partial charge on any atom is 0.336 e. The second-order valence-corrected chi connectivity index (χ2v) is 10.4. The van der Waals surface area contributed by atoms with Crippen LogP contribution in [0.2, 0.25) is 0 Å². The fraction of sp³-hybridized carbons (Fsp3) is 0.458. The monoisotopic (exact) mass is 439 g/mol. The van der Waals surface area contributed by atoms with E-state index in [1.165, 1.54) is 4.88 Å². The van der Waals surface area contributed by atoms with Crippen LogP contribution in [0.3, 0.4) is 0 Å². The predicted molar refractivity (Wildman–Crippen MR) is 120 cm³/mol. The summed E-state index contributed by atoms with van der Waals surface area (Å²) in [5.74, 6) is -0.529. The zero-order chi connectivity index (χ0) is 20.7. The molecule has 1 aliphatic heterocycles. The van der Waals surface area contributed by atoms with E-state index in [-0.39, 0.29) is 35.6 Å². The Kier molecular flexibility index (Phi) is 5.46. The van der Waals surface area contributed by atoms with Gasteiger partial charge in [-0.1, -0.05) is 12.1 Å². The molecule has 3 atom stereocenters. The first-order valence-electron chi connectivity index (χ1n) is 10.7. The molecular formula is C24H25NO3S2. The highest BCUT2D eigenvalue weighted by atomic mass is 32.1. The molecule has 0 bridgehead atoms. The number of ether oxygens (including phenoxy) is 1. The minimum Gasteiger partial charge on any atom is -0.459 e. The normalized spacial score (nSPS) is 27.2. The van der Waals surface area contributed by atoms with Gasteiger partial charge in [-0.05, 0) is 61.9 Å². The highest BCUT2D eigenvalue weighted by molar-refractivity contribution is 7.10. The van der Waals surface area contributed by atoms with Crippen LogP contribution < -0.4 is 0 Å².